The van der Waals surface area contributed by atoms with Crippen molar-refractivity contribution in [1.29, 1.82) is 0 Å². The number of nitrogens with zero attached hydrogens (tertiary/aromatic N) is 1. The highest BCUT2D eigenvalue weighted by Crippen LogP contribution is 2.39. The number of fused-ring (bicyclic) bond motifs is 1. The van der Waals surface area contributed by atoms with E-state index in [9.17, 15) is 9.90 Å². The Hall–Kier alpha value is -1.30. The van der Waals surface area contributed by atoms with Gasteiger partial charge in [-0.05, 0) is 30.9 Å². The highest BCUT2D eigenvalue weighted by molar-refractivity contribution is 6.33. The normalized spacial score (nSPS) is 22.9. The summed E-state index contributed by atoms with van der Waals surface area (Å²) in [5, 5.41) is 22.1. The molecule has 0 bridgehead atoms. The van der Waals surface area contributed by atoms with Gasteiger partial charge in [-0.3, -0.25) is 4.79 Å². The van der Waals surface area contributed by atoms with Crippen molar-refractivity contribution >= 4 is 28.9 Å². The first-order valence-corrected chi connectivity index (χ1v) is 7.16. The van der Waals surface area contributed by atoms with Crippen molar-refractivity contribution < 1.29 is 15.0 Å². The third-order valence-electron chi connectivity index (χ3n) is 4.13. The van der Waals surface area contributed by atoms with Crippen LogP contribution in [-0.4, -0.2) is 35.8 Å². The first kappa shape index (κ1) is 13.7. The fraction of sp³-hybridized carbons (Fsp3) is 0.500. The van der Waals surface area contributed by atoms with E-state index in [1.54, 1.807) is 6.07 Å². The molecule has 6 heteroatoms. The number of anilines is 2. The number of carbonyl (C=O) groups is 1. The molecule has 3 N–H and O–H groups in total. The van der Waals surface area contributed by atoms with E-state index < -0.39 is 12.0 Å². The Kier molecular flexibility index (Phi) is 3.58. The predicted octanol–water partition coefficient (Wildman–Crippen LogP) is 1.53. The molecule has 0 aliphatic carbocycles. The first-order chi connectivity index (χ1) is 9.60. The second-order valence-corrected chi connectivity index (χ2v) is 5.80. The second kappa shape index (κ2) is 5.24. The van der Waals surface area contributed by atoms with Gasteiger partial charge >= 0.3 is 0 Å². The molecule has 2 aliphatic rings. The number of carbonyl (C=O) groups excluding carboxylic acids is 1. The number of aliphatic hydroxyl groups is 2. The Morgan fingerprint density at radius 1 is 1.35 bits per heavy atom. The van der Waals surface area contributed by atoms with Crippen molar-refractivity contribution in [3.63, 3.8) is 0 Å². The van der Waals surface area contributed by atoms with Gasteiger partial charge in [0.1, 0.15) is 0 Å². The van der Waals surface area contributed by atoms with Crippen LogP contribution in [0.25, 0.3) is 0 Å². The van der Waals surface area contributed by atoms with E-state index in [2.05, 4.69) is 10.2 Å². The monoisotopic (exact) mass is 296 g/mol. The number of halogens is 1. The molecule has 5 nitrogen and oxygen atoms in total. The number of nitrogens with one attached hydrogen (secondary N) is 1. The Bertz CT molecular complexity index is 541. The van der Waals surface area contributed by atoms with Gasteiger partial charge in [-0.2, -0.15) is 0 Å². The van der Waals surface area contributed by atoms with Gasteiger partial charge < -0.3 is 20.4 Å². The molecule has 0 radical (unpaired) electrons. The fourth-order valence-corrected chi connectivity index (χ4v) is 3.14. The largest absolute Gasteiger partial charge is 0.396 e. The topological polar surface area (TPSA) is 72.8 Å². The van der Waals surface area contributed by atoms with Crippen LogP contribution in [0.5, 0.6) is 0 Å². The van der Waals surface area contributed by atoms with Gasteiger partial charge in [-0.15, -0.1) is 0 Å². The Labute approximate surface area is 122 Å². The lowest BCUT2D eigenvalue weighted by Crippen LogP contribution is -2.34. The van der Waals surface area contributed by atoms with Gasteiger partial charge in [-0.25, -0.2) is 0 Å². The molecule has 1 saturated heterocycles. The van der Waals surface area contributed by atoms with Crippen molar-refractivity contribution in [2.24, 2.45) is 5.92 Å². The lowest BCUT2D eigenvalue weighted by atomic mass is 9.97. The minimum Gasteiger partial charge on any atom is -0.396 e. The Morgan fingerprint density at radius 2 is 2.05 bits per heavy atom. The van der Waals surface area contributed by atoms with E-state index in [0.29, 0.717) is 22.2 Å². The van der Waals surface area contributed by atoms with Gasteiger partial charge in [0.05, 0.1) is 10.7 Å². The van der Waals surface area contributed by atoms with Crippen LogP contribution >= 0.6 is 11.6 Å². The molecular weight excluding hydrogens is 280 g/mol. The van der Waals surface area contributed by atoms with Crippen molar-refractivity contribution in [1.82, 2.24) is 0 Å². The van der Waals surface area contributed by atoms with E-state index in [0.717, 1.165) is 31.6 Å². The molecule has 20 heavy (non-hydrogen) atoms. The van der Waals surface area contributed by atoms with Crippen LogP contribution in [0.1, 0.15) is 24.5 Å². The van der Waals surface area contributed by atoms with E-state index in [1.165, 1.54) is 0 Å². The number of aliphatic hydroxyl groups excluding tert-OH is 2. The van der Waals surface area contributed by atoms with Gasteiger partial charge in [0.2, 0.25) is 0 Å². The number of hydrogen-bond acceptors (Lipinski definition) is 4. The average molecular weight is 297 g/mol. The zero-order chi connectivity index (χ0) is 14.3. The summed E-state index contributed by atoms with van der Waals surface area (Å²) in [6.45, 7) is 1.90. The van der Waals surface area contributed by atoms with Crippen LogP contribution in [0.2, 0.25) is 5.02 Å². The van der Waals surface area contributed by atoms with Crippen LogP contribution in [0.3, 0.4) is 0 Å². The van der Waals surface area contributed by atoms with Crippen molar-refractivity contribution in [3.8, 4) is 0 Å². The maximum absolute atomic E-state index is 11.5. The molecule has 0 spiro atoms. The summed E-state index contributed by atoms with van der Waals surface area (Å²) in [6, 6.07) is 3.48. The molecule has 108 valence electrons. The quantitative estimate of drug-likeness (QED) is 0.774. The number of amides is 1. The molecule has 2 heterocycles. The summed E-state index contributed by atoms with van der Waals surface area (Å²) in [5.41, 5.74) is 2.04. The molecule has 0 saturated carbocycles. The summed E-state index contributed by atoms with van der Waals surface area (Å²) in [5.74, 6) is -0.0480. The minimum absolute atomic E-state index is 0.230. The Morgan fingerprint density at radius 3 is 2.70 bits per heavy atom. The van der Waals surface area contributed by atoms with E-state index in [1.807, 2.05) is 6.07 Å². The third kappa shape index (κ3) is 2.26. The molecule has 1 fully saturated rings. The highest BCUT2D eigenvalue weighted by Gasteiger charge is 2.30. The van der Waals surface area contributed by atoms with Crippen molar-refractivity contribution in [2.45, 2.75) is 18.9 Å². The molecular formula is C14H17ClN2O3. The smallest absolute Gasteiger partial charge is 0.257 e. The fourth-order valence-electron chi connectivity index (χ4n) is 2.85. The predicted molar refractivity (Wildman–Crippen MR) is 77.1 cm³/mol. The van der Waals surface area contributed by atoms with Crippen LogP contribution in [0.4, 0.5) is 11.4 Å². The van der Waals surface area contributed by atoms with Crippen molar-refractivity contribution in [3.05, 3.63) is 22.7 Å². The second-order valence-electron chi connectivity index (χ2n) is 5.40. The molecule has 1 aromatic rings. The molecule has 1 aromatic carbocycles. The third-order valence-corrected chi connectivity index (χ3v) is 4.44. The number of rotatable bonds is 2. The van der Waals surface area contributed by atoms with E-state index in [4.69, 9.17) is 16.7 Å². The number of benzene rings is 1. The molecule has 1 unspecified atom stereocenters. The standard InChI is InChI=1S/C14H17ClN2O3/c15-10-5-9-11(16-14(20)13(9)19)6-12(10)17-3-1-8(7-18)2-4-17/h5-6,8,13,18-19H,1-4,7H2,(H,16,20). The van der Waals surface area contributed by atoms with Gasteiger partial charge in [0.25, 0.3) is 5.91 Å². The maximum atomic E-state index is 11.5. The van der Waals surface area contributed by atoms with Gasteiger partial charge in [0.15, 0.2) is 6.10 Å². The number of piperidine rings is 1. The highest BCUT2D eigenvalue weighted by atomic mass is 35.5. The first-order valence-electron chi connectivity index (χ1n) is 6.78. The summed E-state index contributed by atoms with van der Waals surface area (Å²) >= 11 is 6.28. The Balaban J connectivity index is 1.85. The molecule has 1 atom stereocenters. The summed E-state index contributed by atoms with van der Waals surface area (Å²) in [4.78, 5) is 13.6. The minimum atomic E-state index is -1.13. The van der Waals surface area contributed by atoms with Crippen LogP contribution < -0.4 is 10.2 Å². The zero-order valence-electron chi connectivity index (χ0n) is 11.0. The number of hydrogen-bond donors (Lipinski definition) is 3. The van der Waals surface area contributed by atoms with Crippen molar-refractivity contribution in [2.75, 3.05) is 29.9 Å². The van der Waals surface area contributed by atoms with E-state index in [-0.39, 0.29) is 6.61 Å². The van der Waals surface area contributed by atoms with Crippen LogP contribution in [0.15, 0.2) is 12.1 Å². The van der Waals surface area contributed by atoms with Crippen LogP contribution in [-0.2, 0) is 4.79 Å². The molecule has 3 rings (SSSR count). The summed E-state index contributed by atoms with van der Waals surface area (Å²) in [6.07, 6.45) is 0.731. The van der Waals surface area contributed by atoms with Gasteiger partial charge in [-0.1, -0.05) is 11.6 Å². The summed E-state index contributed by atoms with van der Waals surface area (Å²) in [7, 11) is 0. The molecule has 1 amide bonds. The lowest BCUT2D eigenvalue weighted by molar-refractivity contribution is -0.123. The lowest BCUT2D eigenvalue weighted by Gasteiger charge is -2.33. The average Bonchev–Trinajstić information content (AvgIpc) is 2.74. The molecule has 0 aromatic heterocycles. The zero-order valence-corrected chi connectivity index (χ0v) is 11.7. The SMILES string of the molecule is O=C1Nc2cc(N3CCC(CO)CC3)c(Cl)cc2C1O. The van der Waals surface area contributed by atoms with E-state index >= 15 is 0 Å². The summed E-state index contributed by atoms with van der Waals surface area (Å²) < 4.78 is 0. The van der Waals surface area contributed by atoms with Gasteiger partial charge in [0, 0.05) is 30.9 Å². The molecule has 2 aliphatic heterocycles. The van der Waals surface area contributed by atoms with Crippen LogP contribution in [0, 0.1) is 5.92 Å². The maximum Gasteiger partial charge on any atom is 0.257 e.